The Labute approximate surface area is 82.8 Å². The highest BCUT2D eigenvalue weighted by molar-refractivity contribution is 5.92. The van der Waals surface area contributed by atoms with Crippen molar-refractivity contribution in [2.24, 2.45) is 12.9 Å². The van der Waals surface area contributed by atoms with Gasteiger partial charge in [0.2, 0.25) is 0 Å². The number of rotatable bonds is 4. The zero-order valence-corrected chi connectivity index (χ0v) is 8.41. The molecule has 0 bridgehead atoms. The molecule has 0 aliphatic rings. The monoisotopic (exact) mass is 197 g/mol. The van der Waals surface area contributed by atoms with Crippen LogP contribution in [0, 0.1) is 0 Å². The predicted octanol–water partition coefficient (Wildman–Crippen LogP) is -0.182. The summed E-state index contributed by atoms with van der Waals surface area (Å²) in [6.45, 7) is 0.640. The molecule has 0 unspecified atom stereocenters. The molecule has 14 heavy (non-hydrogen) atoms. The summed E-state index contributed by atoms with van der Waals surface area (Å²) in [7, 11) is 3.48. The first-order valence-electron chi connectivity index (χ1n) is 4.35. The van der Waals surface area contributed by atoms with Gasteiger partial charge in [-0.3, -0.25) is 10.2 Å². The molecule has 0 aliphatic carbocycles. The van der Waals surface area contributed by atoms with Gasteiger partial charge in [0.05, 0.1) is 6.61 Å². The van der Waals surface area contributed by atoms with E-state index in [2.05, 4.69) is 5.43 Å². The number of hydrogen-bond donors (Lipinski definition) is 2. The molecule has 3 N–H and O–H groups in total. The van der Waals surface area contributed by atoms with Crippen LogP contribution in [0.5, 0.6) is 0 Å². The molecule has 0 saturated heterocycles. The molecule has 1 aromatic rings. The molecular weight excluding hydrogens is 182 g/mol. The Balaban J connectivity index is 2.80. The molecule has 0 saturated carbocycles. The second-order valence-electron chi connectivity index (χ2n) is 2.99. The van der Waals surface area contributed by atoms with Crippen molar-refractivity contribution in [2.45, 2.75) is 6.42 Å². The van der Waals surface area contributed by atoms with Crippen LogP contribution in [0.15, 0.2) is 12.1 Å². The van der Waals surface area contributed by atoms with Crippen LogP contribution in [0.25, 0.3) is 0 Å². The van der Waals surface area contributed by atoms with Crippen LogP contribution in [0.4, 0.5) is 0 Å². The molecule has 1 rings (SSSR count). The number of hydrazine groups is 1. The molecule has 5 nitrogen and oxygen atoms in total. The Kier molecular flexibility index (Phi) is 3.67. The lowest BCUT2D eigenvalue weighted by molar-refractivity contribution is 0.0945. The fraction of sp³-hybridized carbons (Fsp3) is 0.444. The summed E-state index contributed by atoms with van der Waals surface area (Å²) in [5, 5.41) is 0. The number of nitrogen functional groups attached to an aromatic ring is 1. The van der Waals surface area contributed by atoms with E-state index in [1.165, 1.54) is 0 Å². The lowest BCUT2D eigenvalue weighted by atomic mass is 10.3. The van der Waals surface area contributed by atoms with Crippen LogP contribution in [-0.4, -0.2) is 24.2 Å². The van der Waals surface area contributed by atoms with Crippen molar-refractivity contribution >= 4 is 5.91 Å². The molecular formula is C9H15N3O2. The third-order valence-electron chi connectivity index (χ3n) is 2.15. The number of hydrogen-bond acceptors (Lipinski definition) is 3. The van der Waals surface area contributed by atoms with E-state index in [4.69, 9.17) is 10.6 Å². The van der Waals surface area contributed by atoms with Crippen LogP contribution in [0.3, 0.4) is 0 Å². The summed E-state index contributed by atoms with van der Waals surface area (Å²) >= 11 is 0. The summed E-state index contributed by atoms with van der Waals surface area (Å²) in [6.07, 6.45) is 0.783. The summed E-state index contributed by atoms with van der Waals surface area (Å²) in [5.74, 6) is 4.76. The zero-order valence-electron chi connectivity index (χ0n) is 8.41. The largest absolute Gasteiger partial charge is 0.384 e. The molecule has 5 heteroatoms. The summed E-state index contributed by atoms with van der Waals surface area (Å²) in [4.78, 5) is 11.2. The van der Waals surface area contributed by atoms with E-state index in [1.807, 2.05) is 13.1 Å². The SMILES string of the molecule is COCCc1ccc(C(=O)NN)n1C. The second-order valence-corrected chi connectivity index (χ2v) is 2.99. The third kappa shape index (κ3) is 2.12. The third-order valence-corrected chi connectivity index (χ3v) is 2.15. The molecule has 0 spiro atoms. The van der Waals surface area contributed by atoms with Crippen molar-refractivity contribution in [1.82, 2.24) is 9.99 Å². The van der Waals surface area contributed by atoms with Gasteiger partial charge in [0.1, 0.15) is 5.69 Å². The number of nitrogens with zero attached hydrogens (tertiary/aromatic N) is 1. The Hall–Kier alpha value is -1.33. The maximum atomic E-state index is 11.2. The van der Waals surface area contributed by atoms with E-state index < -0.39 is 0 Å². The van der Waals surface area contributed by atoms with Crippen LogP contribution < -0.4 is 11.3 Å². The molecule has 0 aromatic carbocycles. The highest BCUT2D eigenvalue weighted by Gasteiger charge is 2.10. The Morgan fingerprint density at radius 2 is 2.36 bits per heavy atom. The van der Waals surface area contributed by atoms with E-state index >= 15 is 0 Å². The molecule has 0 aliphatic heterocycles. The van der Waals surface area contributed by atoms with Crippen molar-refractivity contribution in [3.8, 4) is 0 Å². The maximum absolute atomic E-state index is 11.2. The first-order chi connectivity index (χ1) is 6.70. The summed E-state index contributed by atoms with van der Waals surface area (Å²) in [6, 6.07) is 3.64. The summed E-state index contributed by atoms with van der Waals surface area (Å²) < 4.78 is 6.77. The maximum Gasteiger partial charge on any atom is 0.281 e. The van der Waals surface area contributed by atoms with Crippen molar-refractivity contribution in [3.63, 3.8) is 0 Å². The van der Waals surface area contributed by atoms with Gasteiger partial charge in [-0.1, -0.05) is 0 Å². The first-order valence-corrected chi connectivity index (χ1v) is 4.35. The van der Waals surface area contributed by atoms with Gasteiger partial charge in [-0.25, -0.2) is 5.84 Å². The van der Waals surface area contributed by atoms with Gasteiger partial charge in [0.25, 0.3) is 5.91 Å². The molecule has 1 amide bonds. The highest BCUT2D eigenvalue weighted by atomic mass is 16.5. The topological polar surface area (TPSA) is 69.3 Å². The van der Waals surface area contributed by atoms with Gasteiger partial charge < -0.3 is 9.30 Å². The van der Waals surface area contributed by atoms with Crippen LogP contribution in [-0.2, 0) is 18.2 Å². The minimum absolute atomic E-state index is 0.281. The van der Waals surface area contributed by atoms with Crippen molar-refractivity contribution in [3.05, 3.63) is 23.5 Å². The second kappa shape index (κ2) is 4.78. The lowest BCUT2D eigenvalue weighted by Gasteiger charge is -2.05. The van der Waals surface area contributed by atoms with E-state index in [-0.39, 0.29) is 5.91 Å². The van der Waals surface area contributed by atoms with Crippen molar-refractivity contribution in [2.75, 3.05) is 13.7 Å². The molecule has 0 atom stereocenters. The van der Waals surface area contributed by atoms with Crippen LogP contribution in [0.1, 0.15) is 16.2 Å². The molecule has 0 fully saturated rings. The fourth-order valence-electron chi connectivity index (χ4n) is 1.31. The number of nitrogens with two attached hydrogens (primary N) is 1. The highest BCUT2D eigenvalue weighted by Crippen LogP contribution is 2.07. The van der Waals surface area contributed by atoms with E-state index in [0.717, 1.165) is 12.1 Å². The van der Waals surface area contributed by atoms with Gasteiger partial charge in [-0.15, -0.1) is 0 Å². The lowest BCUT2D eigenvalue weighted by Crippen LogP contribution is -2.31. The number of amides is 1. The standard InChI is InChI=1S/C9H15N3O2/c1-12-7(5-6-14-2)3-4-8(12)9(13)11-10/h3-4H,5-6,10H2,1-2H3,(H,11,13). The first kappa shape index (κ1) is 10.7. The number of aromatic nitrogens is 1. The number of methoxy groups -OCH3 is 1. The molecule has 78 valence electrons. The van der Waals surface area contributed by atoms with E-state index in [1.54, 1.807) is 17.7 Å². The Bertz CT molecular complexity index is 320. The number of nitrogens with one attached hydrogen (secondary N) is 1. The van der Waals surface area contributed by atoms with Gasteiger partial charge in [0, 0.05) is 26.3 Å². The number of carbonyl (C=O) groups is 1. The van der Waals surface area contributed by atoms with Gasteiger partial charge in [0.15, 0.2) is 0 Å². The fourth-order valence-corrected chi connectivity index (χ4v) is 1.31. The normalized spacial score (nSPS) is 10.2. The van der Waals surface area contributed by atoms with Crippen LogP contribution in [0.2, 0.25) is 0 Å². The van der Waals surface area contributed by atoms with Crippen LogP contribution >= 0.6 is 0 Å². The van der Waals surface area contributed by atoms with Gasteiger partial charge >= 0.3 is 0 Å². The Morgan fingerprint density at radius 1 is 1.64 bits per heavy atom. The zero-order chi connectivity index (χ0) is 10.6. The van der Waals surface area contributed by atoms with Crippen molar-refractivity contribution in [1.29, 1.82) is 0 Å². The molecule has 0 radical (unpaired) electrons. The van der Waals surface area contributed by atoms with Crippen molar-refractivity contribution < 1.29 is 9.53 Å². The van der Waals surface area contributed by atoms with Gasteiger partial charge in [-0.2, -0.15) is 0 Å². The quantitative estimate of drug-likeness (QED) is 0.399. The predicted molar refractivity (Wildman–Crippen MR) is 52.6 cm³/mol. The number of carbonyl (C=O) groups excluding carboxylic acids is 1. The number of ether oxygens (including phenoxy) is 1. The van der Waals surface area contributed by atoms with E-state index in [0.29, 0.717) is 12.3 Å². The molecule has 1 heterocycles. The smallest absolute Gasteiger partial charge is 0.281 e. The summed E-state index contributed by atoms with van der Waals surface area (Å²) in [5.41, 5.74) is 3.70. The average Bonchev–Trinajstić information content (AvgIpc) is 2.56. The average molecular weight is 197 g/mol. The van der Waals surface area contributed by atoms with Gasteiger partial charge in [-0.05, 0) is 12.1 Å². The van der Waals surface area contributed by atoms with E-state index in [9.17, 15) is 4.79 Å². The molecule has 1 aromatic heterocycles. The minimum atomic E-state index is -0.281. The Morgan fingerprint density at radius 3 is 2.93 bits per heavy atom. The minimum Gasteiger partial charge on any atom is -0.384 e.